The lowest BCUT2D eigenvalue weighted by molar-refractivity contribution is -0.117. The van der Waals surface area contributed by atoms with Crippen LogP contribution in [-0.2, 0) is 9.59 Å². The van der Waals surface area contributed by atoms with Crippen LogP contribution < -0.4 is 4.90 Å². The van der Waals surface area contributed by atoms with Crippen molar-refractivity contribution in [1.29, 1.82) is 0 Å². The summed E-state index contributed by atoms with van der Waals surface area (Å²) >= 11 is 1.28. The van der Waals surface area contributed by atoms with Crippen molar-refractivity contribution in [2.45, 2.75) is 13.0 Å². The van der Waals surface area contributed by atoms with E-state index in [0.717, 1.165) is 16.7 Å². The van der Waals surface area contributed by atoms with Gasteiger partial charge in [-0.3, -0.25) is 14.5 Å². The van der Waals surface area contributed by atoms with Crippen LogP contribution in [0.1, 0.15) is 22.7 Å². The first-order chi connectivity index (χ1) is 14.1. The van der Waals surface area contributed by atoms with E-state index in [1.165, 1.54) is 22.3 Å². The van der Waals surface area contributed by atoms with Crippen LogP contribution in [-0.4, -0.2) is 21.8 Å². The molecule has 0 aliphatic carbocycles. The summed E-state index contributed by atoms with van der Waals surface area (Å²) in [4.78, 5) is 31.5. The molecule has 29 heavy (non-hydrogen) atoms. The third-order valence-corrected chi connectivity index (χ3v) is 5.49. The van der Waals surface area contributed by atoms with Crippen LogP contribution in [0.4, 0.5) is 5.13 Å². The van der Waals surface area contributed by atoms with Gasteiger partial charge in [0, 0.05) is 11.6 Å². The number of thiazole rings is 1. The third kappa shape index (κ3) is 3.62. The van der Waals surface area contributed by atoms with Gasteiger partial charge in [0.25, 0.3) is 5.91 Å². The Morgan fingerprint density at radius 3 is 2.52 bits per heavy atom. The van der Waals surface area contributed by atoms with Gasteiger partial charge in [0.2, 0.25) is 0 Å². The minimum absolute atomic E-state index is 0.0567. The average Bonchev–Trinajstić information content (AvgIpc) is 3.35. The lowest BCUT2D eigenvalue weighted by Crippen LogP contribution is -2.30. The first-order valence-corrected chi connectivity index (χ1v) is 9.94. The number of aryl methyl sites for hydroxylation is 1. The van der Waals surface area contributed by atoms with Gasteiger partial charge in [0.1, 0.15) is 0 Å². The first-order valence-electron chi connectivity index (χ1n) is 9.06. The number of carbonyl (C=O) groups excluding carboxylic acids is 2. The maximum absolute atomic E-state index is 13.0. The van der Waals surface area contributed by atoms with E-state index in [1.807, 2.05) is 61.5 Å². The molecule has 1 aliphatic rings. The molecule has 0 radical (unpaired) electrons. The van der Waals surface area contributed by atoms with Gasteiger partial charge in [-0.25, -0.2) is 4.98 Å². The predicted molar refractivity (Wildman–Crippen MR) is 114 cm³/mol. The molecule has 0 saturated heterocycles. The van der Waals surface area contributed by atoms with Gasteiger partial charge in [-0.05, 0) is 24.1 Å². The van der Waals surface area contributed by atoms with Gasteiger partial charge in [-0.15, -0.1) is 11.3 Å². The van der Waals surface area contributed by atoms with E-state index < -0.39 is 23.5 Å². The van der Waals surface area contributed by atoms with Crippen molar-refractivity contribution in [2.24, 2.45) is 0 Å². The summed E-state index contributed by atoms with van der Waals surface area (Å²) in [6, 6.07) is 16.2. The maximum atomic E-state index is 13.0. The van der Waals surface area contributed by atoms with Crippen molar-refractivity contribution in [3.05, 3.63) is 100 Å². The van der Waals surface area contributed by atoms with Gasteiger partial charge in [0.15, 0.2) is 16.7 Å². The lowest BCUT2D eigenvalue weighted by atomic mass is 9.95. The molecule has 1 unspecified atom stereocenters. The fourth-order valence-corrected chi connectivity index (χ4v) is 3.95. The topological polar surface area (TPSA) is 70.5 Å². The SMILES string of the molecule is Cc1ccc(C2C(C(=O)C=Cc3ccccc3)=C(O)C(=O)N2c2nccs2)cc1. The second-order valence-corrected chi connectivity index (χ2v) is 7.55. The third-order valence-electron chi connectivity index (χ3n) is 4.72. The normalized spacial score (nSPS) is 16.8. The molecule has 1 aromatic heterocycles. The maximum Gasteiger partial charge on any atom is 0.296 e. The Balaban J connectivity index is 1.77. The molecule has 1 amide bonds. The quantitative estimate of drug-likeness (QED) is 0.632. The Hall–Kier alpha value is -3.51. The highest BCUT2D eigenvalue weighted by atomic mass is 32.1. The minimum Gasteiger partial charge on any atom is -0.503 e. The molecular weight excluding hydrogens is 384 g/mol. The number of ketones is 1. The molecule has 1 N–H and O–H groups in total. The van der Waals surface area contributed by atoms with E-state index in [9.17, 15) is 14.7 Å². The fraction of sp³-hybridized carbons (Fsp3) is 0.0870. The number of aliphatic hydroxyl groups excluding tert-OH is 1. The van der Waals surface area contributed by atoms with Gasteiger partial charge in [-0.2, -0.15) is 0 Å². The second-order valence-electron chi connectivity index (χ2n) is 6.67. The zero-order chi connectivity index (χ0) is 20.4. The smallest absolute Gasteiger partial charge is 0.296 e. The van der Waals surface area contributed by atoms with Crippen molar-refractivity contribution >= 4 is 34.2 Å². The van der Waals surface area contributed by atoms with Crippen LogP contribution in [0.5, 0.6) is 0 Å². The molecule has 0 bridgehead atoms. The molecular formula is C23H18N2O3S. The molecule has 5 nitrogen and oxygen atoms in total. The summed E-state index contributed by atoms with van der Waals surface area (Å²) in [5, 5.41) is 12.8. The molecule has 1 aliphatic heterocycles. The van der Waals surface area contributed by atoms with Crippen LogP contribution in [0.15, 0.2) is 83.6 Å². The van der Waals surface area contributed by atoms with Crippen LogP contribution in [0.25, 0.3) is 6.08 Å². The van der Waals surface area contributed by atoms with Crippen molar-refractivity contribution in [1.82, 2.24) is 4.98 Å². The van der Waals surface area contributed by atoms with E-state index >= 15 is 0 Å². The number of hydrogen-bond acceptors (Lipinski definition) is 5. The molecule has 2 aromatic carbocycles. The van der Waals surface area contributed by atoms with Crippen molar-refractivity contribution in [3.63, 3.8) is 0 Å². The molecule has 2 heterocycles. The number of amides is 1. The van der Waals surface area contributed by atoms with E-state index in [0.29, 0.717) is 5.13 Å². The van der Waals surface area contributed by atoms with Gasteiger partial charge in [-0.1, -0.05) is 66.2 Å². The van der Waals surface area contributed by atoms with E-state index in [2.05, 4.69) is 4.98 Å². The Morgan fingerprint density at radius 2 is 1.86 bits per heavy atom. The highest BCUT2D eigenvalue weighted by molar-refractivity contribution is 7.13. The molecule has 4 rings (SSSR count). The molecule has 1 atom stereocenters. The van der Waals surface area contributed by atoms with Crippen LogP contribution >= 0.6 is 11.3 Å². The molecule has 144 valence electrons. The number of carbonyl (C=O) groups is 2. The molecule has 6 heteroatoms. The van der Waals surface area contributed by atoms with Crippen LogP contribution in [0, 0.1) is 6.92 Å². The summed E-state index contributed by atoms with van der Waals surface area (Å²) in [6.45, 7) is 1.96. The number of nitrogens with zero attached hydrogens (tertiary/aromatic N) is 2. The van der Waals surface area contributed by atoms with Crippen LogP contribution in [0.2, 0.25) is 0 Å². The van der Waals surface area contributed by atoms with E-state index in [4.69, 9.17) is 0 Å². The summed E-state index contributed by atoms with van der Waals surface area (Å²) in [5.74, 6) is -1.57. The monoisotopic (exact) mass is 402 g/mol. The Morgan fingerprint density at radius 1 is 1.14 bits per heavy atom. The number of anilines is 1. The number of allylic oxidation sites excluding steroid dienone is 1. The van der Waals surface area contributed by atoms with E-state index in [1.54, 1.807) is 17.7 Å². The molecule has 0 fully saturated rings. The molecule has 3 aromatic rings. The first kappa shape index (κ1) is 18.8. The Labute approximate surface area is 172 Å². The van der Waals surface area contributed by atoms with Gasteiger partial charge >= 0.3 is 0 Å². The van der Waals surface area contributed by atoms with E-state index in [-0.39, 0.29) is 5.57 Å². The minimum atomic E-state index is -0.734. The summed E-state index contributed by atoms with van der Waals surface area (Å²) in [7, 11) is 0. The zero-order valence-electron chi connectivity index (χ0n) is 15.6. The zero-order valence-corrected chi connectivity index (χ0v) is 16.5. The standard InChI is InChI=1S/C23H18N2O3S/c1-15-7-10-17(11-8-15)20-19(18(26)12-9-16-5-3-2-4-6-16)21(27)22(28)25(20)23-24-13-14-29-23/h2-14,20,27H,1H3. The number of benzene rings is 2. The average molecular weight is 402 g/mol. The lowest BCUT2D eigenvalue weighted by Gasteiger charge is -2.24. The van der Waals surface area contributed by atoms with Gasteiger partial charge < -0.3 is 5.11 Å². The summed E-state index contributed by atoms with van der Waals surface area (Å²) in [5.41, 5.74) is 2.71. The van der Waals surface area contributed by atoms with Crippen molar-refractivity contribution in [3.8, 4) is 0 Å². The summed E-state index contributed by atoms with van der Waals surface area (Å²) in [6.07, 6.45) is 4.65. The highest BCUT2D eigenvalue weighted by Gasteiger charge is 2.44. The summed E-state index contributed by atoms with van der Waals surface area (Å²) < 4.78 is 0. The Bertz CT molecular complexity index is 1100. The fourth-order valence-electron chi connectivity index (χ4n) is 3.28. The van der Waals surface area contributed by atoms with Crippen LogP contribution in [0.3, 0.4) is 0 Å². The number of hydrogen-bond donors (Lipinski definition) is 1. The highest BCUT2D eigenvalue weighted by Crippen LogP contribution is 2.41. The number of rotatable bonds is 5. The molecule has 0 spiro atoms. The second kappa shape index (κ2) is 7.85. The van der Waals surface area contributed by atoms with Crippen molar-refractivity contribution < 1.29 is 14.7 Å². The van der Waals surface area contributed by atoms with Gasteiger partial charge in [0.05, 0.1) is 11.6 Å². The molecule has 0 saturated carbocycles. The largest absolute Gasteiger partial charge is 0.503 e. The number of aromatic nitrogens is 1. The Kier molecular flexibility index (Phi) is 5.10. The van der Waals surface area contributed by atoms with Crippen molar-refractivity contribution in [2.75, 3.05) is 4.90 Å². The number of aliphatic hydroxyl groups is 1. The predicted octanol–water partition coefficient (Wildman–Crippen LogP) is 4.63.